The standard InChI is InChI=1S/C8H10O2S/c9-11(10)7-6-8-4-2-1-3-5-8/h1-5H,6-7H2,(H,9,10). The lowest BCUT2D eigenvalue weighted by Gasteiger charge is -1.95. The minimum absolute atomic E-state index is 0.323. The molecule has 0 aromatic heterocycles. The summed E-state index contributed by atoms with van der Waals surface area (Å²) in [5.41, 5.74) is 1.11. The first-order chi connectivity index (χ1) is 5.29. The van der Waals surface area contributed by atoms with Crippen molar-refractivity contribution >= 4 is 11.1 Å². The van der Waals surface area contributed by atoms with Gasteiger partial charge in [-0.3, -0.25) is 0 Å². The van der Waals surface area contributed by atoms with Crippen LogP contribution in [0.1, 0.15) is 5.56 Å². The molecule has 3 heteroatoms. The van der Waals surface area contributed by atoms with Gasteiger partial charge in [0.25, 0.3) is 0 Å². The maximum atomic E-state index is 10.3. The molecule has 1 N–H and O–H groups in total. The van der Waals surface area contributed by atoms with Crippen LogP contribution in [0.2, 0.25) is 0 Å². The summed E-state index contributed by atoms with van der Waals surface area (Å²) in [6, 6.07) is 9.68. The molecule has 1 rings (SSSR count). The Bertz CT molecular complexity index is 233. The Kier molecular flexibility index (Phi) is 3.26. The van der Waals surface area contributed by atoms with Gasteiger partial charge >= 0.3 is 0 Å². The molecule has 1 aromatic rings. The Balaban J connectivity index is 2.45. The summed E-state index contributed by atoms with van der Waals surface area (Å²) in [5.74, 6) is 0.323. The molecule has 60 valence electrons. The molecule has 1 aromatic carbocycles. The molecule has 0 bridgehead atoms. The molecule has 0 saturated heterocycles. The Hall–Kier alpha value is -0.670. The van der Waals surface area contributed by atoms with Gasteiger partial charge in [-0.25, -0.2) is 4.21 Å². The Morgan fingerprint density at radius 1 is 1.27 bits per heavy atom. The molecular weight excluding hydrogens is 160 g/mol. The fraction of sp³-hybridized carbons (Fsp3) is 0.250. The van der Waals surface area contributed by atoms with Crippen molar-refractivity contribution in [3.63, 3.8) is 0 Å². The van der Waals surface area contributed by atoms with Crippen LogP contribution in [0.5, 0.6) is 0 Å². The molecule has 11 heavy (non-hydrogen) atoms. The molecule has 0 amide bonds. The number of hydrogen-bond acceptors (Lipinski definition) is 1. The second-order valence-electron chi connectivity index (χ2n) is 2.26. The molecule has 0 aliphatic carbocycles. The number of benzene rings is 1. The first kappa shape index (κ1) is 8.43. The second kappa shape index (κ2) is 4.26. The van der Waals surface area contributed by atoms with E-state index >= 15 is 0 Å². The van der Waals surface area contributed by atoms with Crippen molar-refractivity contribution in [2.75, 3.05) is 5.75 Å². The highest BCUT2D eigenvalue weighted by Crippen LogP contribution is 1.99. The van der Waals surface area contributed by atoms with Crippen LogP contribution in [0.4, 0.5) is 0 Å². The summed E-state index contributed by atoms with van der Waals surface area (Å²) in [5, 5.41) is 0. The molecule has 0 radical (unpaired) electrons. The predicted octanol–water partition coefficient (Wildman–Crippen LogP) is 1.45. The molecule has 0 heterocycles. The van der Waals surface area contributed by atoms with Crippen molar-refractivity contribution < 1.29 is 8.76 Å². The van der Waals surface area contributed by atoms with Crippen molar-refractivity contribution in [3.8, 4) is 0 Å². The molecule has 0 aliphatic rings. The van der Waals surface area contributed by atoms with Gasteiger partial charge in [0.2, 0.25) is 0 Å². The van der Waals surface area contributed by atoms with Crippen molar-refractivity contribution in [1.29, 1.82) is 0 Å². The lowest BCUT2D eigenvalue weighted by molar-refractivity contribution is 0.563. The van der Waals surface area contributed by atoms with Crippen molar-refractivity contribution in [1.82, 2.24) is 0 Å². The van der Waals surface area contributed by atoms with Gasteiger partial charge in [-0.15, -0.1) is 0 Å². The Morgan fingerprint density at radius 3 is 2.45 bits per heavy atom. The van der Waals surface area contributed by atoms with E-state index in [-0.39, 0.29) is 0 Å². The van der Waals surface area contributed by atoms with Crippen LogP contribution in [0, 0.1) is 0 Å². The highest BCUT2D eigenvalue weighted by molar-refractivity contribution is 7.79. The molecule has 0 spiro atoms. The minimum atomic E-state index is -1.67. The number of hydrogen-bond donors (Lipinski definition) is 1. The summed E-state index contributed by atoms with van der Waals surface area (Å²) in [6.07, 6.45) is 0.671. The van der Waals surface area contributed by atoms with E-state index in [1.165, 1.54) is 0 Å². The monoisotopic (exact) mass is 170 g/mol. The molecule has 0 saturated carbocycles. The van der Waals surface area contributed by atoms with Crippen molar-refractivity contribution in [2.24, 2.45) is 0 Å². The van der Waals surface area contributed by atoms with Crippen LogP contribution in [-0.4, -0.2) is 14.5 Å². The smallest absolute Gasteiger partial charge is 0.153 e. The van der Waals surface area contributed by atoms with E-state index in [1.54, 1.807) is 0 Å². The largest absolute Gasteiger partial charge is 0.306 e. The van der Waals surface area contributed by atoms with Gasteiger partial charge in [0.15, 0.2) is 11.1 Å². The topological polar surface area (TPSA) is 37.3 Å². The lowest BCUT2D eigenvalue weighted by atomic mass is 10.2. The fourth-order valence-corrected chi connectivity index (χ4v) is 1.26. The normalized spacial score (nSPS) is 12.8. The Morgan fingerprint density at radius 2 is 1.91 bits per heavy atom. The molecule has 2 nitrogen and oxygen atoms in total. The third-order valence-electron chi connectivity index (χ3n) is 1.41. The van der Waals surface area contributed by atoms with E-state index in [9.17, 15) is 4.21 Å². The summed E-state index contributed by atoms with van der Waals surface area (Å²) in [4.78, 5) is 0. The third-order valence-corrected chi connectivity index (χ3v) is 1.96. The molecule has 1 unspecified atom stereocenters. The third kappa shape index (κ3) is 3.30. The quantitative estimate of drug-likeness (QED) is 0.697. The molecular formula is C8H10O2S. The van der Waals surface area contributed by atoms with E-state index in [4.69, 9.17) is 4.55 Å². The van der Waals surface area contributed by atoms with Gasteiger partial charge in [0.05, 0.1) is 5.75 Å². The van der Waals surface area contributed by atoms with Gasteiger partial charge < -0.3 is 4.55 Å². The highest BCUT2D eigenvalue weighted by Gasteiger charge is 1.94. The molecule has 1 atom stereocenters. The van der Waals surface area contributed by atoms with Crippen LogP contribution in [0.25, 0.3) is 0 Å². The van der Waals surface area contributed by atoms with Crippen LogP contribution >= 0.6 is 0 Å². The van der Waals surface area contributed by atoms with Gasteiger partial charge in [-0.05, 0) is 12.0 Å². The maximum absolute atomic E-state index is 10.3. The first-order valence-corrected chi connectivity index (χ1v) is 4.68. The van der Waals surface area contributed by atoms with Gasteiger partial charge in [0, 0.05) is 0 Å². The average molecular weight is 170 g/mol. The number of aryl methyl sites for hydroxylation is 1. The zero-order chi connectivity index (χ0) is 8.10. The van der Waals surface area contributed by atoms with Crippen molar-refractivity contribution in [3.05, 3.63) is 35.9 Å². The van der Waals surface area contributed by atoms with Crippen molar-refractivity contribution in [2.45, 2.75) is 6.42 Å². The summed E-state index contributed by atoms with van der Waals surface area (Å²) < 4.78 is 18.8. The summed E-state index contributed by atoms with van der Waals surface area (Å²) in [6.45, 7) is 0. The van der Waals surface area contributed by atoms with Gasteiger partial charge in [-0.1, -0.05) is 30.3 Å². The van der Waals surface area contributed by atoms with Crippen LogP contribution in [-0.2, 0) is 17.5 Å². The lowest BCUT2D eigenvalue weighted by Crippen LogP contribution is -1.98. The average Bonchev–Trinajstić information content (AvgIpc) is 2.03. The predicted molar refractivity (Wildman–Crippen MR) is 45.8 cm³/mol. The highest BCUT2D eigenvalue weighted by atomic mass is 32.2. The van der Waals surface area contributed by atoms with E-state index in [0.717, 1.165) is 5.56 Å². The fourth-order valence-electron chi connectivity index (χ4n) is 0.850. The summed E-state index contributed by atoms with van der Waals surface area (Å²) >= 11 is -1.67. The molecule has 0 aliphatic heterocycles. The van der Waals surface area contributed by atoms with Crippen LogP contribution in [0.3, 0.4) is 0 Å². The Labute approximate surface area is 68.5 Å². The van der Waals surface area contributed by atoms with Gasteiger partial charge in [-0.2, -0.15) is 0 Å². The van der Waals surface area contributed by atoms with E-state index in [0.29, 0.717) is 12.2 Å². The zero-order valence-corrected chi connectivity index (χ0v) is 6.88. The number of rotatable bonds is 3. The second-order valence-corrected chi connectivity index (χ2v) is 3.31. The first-order valence-electron chi connectivity index (χ1n) is 3.40. The zero-order valence-electron chi connectivity index (χ0n) is 6.06. The van der Waals surface area contributed by atoms with Gasteiger partial charge in [0.1, 0.15) is 0 Å². The maximum Gasteiger partial charge on any atom is 0.153 e. The van der Waals surface area contributed by atoms with E-state index < -0.39 is 11.1 Å². The molecule has 0 fully saturated rings. The van der Waals surface area contributed by atoms with Crippen LogP contribution < -0.4 is 0 Å². The SMILES string of the molecule is O=S(O)CCc1ccccc1. The van der Waals surface area contributed by atoms with Crippen LogP contribution in [0.15, 0.2) is 30.3 Å². The minimum Gasteiger partial charge on any atom is -0.306 e. The van der Waals surface area contributed by atoms with E-state index in [1.807, 2.05) is 30.3 Å². The van der Waals surface area contributed by atoms with E-state index in [2.05, 4.69) is 0 Å². The summed E-state index contributed by atoms with van der Waals surface area (Å²) in [7, 11) is 0.